The van der Waals surface area contributed by atoms with Gasteiger partial charge in [-0.3, -0.25) is 14.4 Å². The molecule has 152 valence electrons. The molecule has 0 saturated heterocycles. The number of amides is 3. The van der Waals surface area contributed by atoms with E-state index in [0.29, 0.717) is 6.42 Å². The number of hydrogen-bond acceptors (Lipinski definition) is 5. The van der Waals surface area contributed by atoms with Crippen molar-refractivity contribution < 1.29 is 19.5 Å². The molecule has 3 amide bonds. The number of para-hydroxylation sites is 1. The lowest BCUT2D eigenvalue weighted by molar-refractivity contribution is -0.129. The maximum Gasteiger partial charge on any atom is 0.255 e. The zero-order valence-corrected chi connectivity index (χ0v) is 16.4. The Balaban J connectivity index is 2.05. The third kappa shape index (κ3) is 5.55. The van der Waals surface area contributed by atoms with Crippen molar-refractivity contribution in [1.82, 2.24) is 16.0 Å². The number of carbonyl (C=O) groups excluding carboxylic acids is 3. The fourth-order valence-electron chi connectivity index (χ4n) is 2.99. The Bertz CT molecular complexity index is 760. The monoisotopic (exact) mass is 388 g/mol. The molecule has 2 rings (SSSR count). The number of rotatable bonds is 9. The molecule has 0 aromatic heterocycles. The van der Waals surface area contributed by atoms with Crippen LogP contribution < -0.4 is 16.0 Å². The Morgan fingerprint density at radius 3 is 2.36 bits per heavy atom. The average molecular weight is 388 g/mol. The van der Waals surface area contributed by atoms with Crippen LogP contribution >= 0.6 is 0 Å². The van der Waals surface area contributed by atoms with Crippen LogP contribution in [0.5, 0.6) is 5.75 Å². The van der Waals surface area contributed by atoms with Crippen molar-refractivity contribution in [2.75, 3.05) is 0 Å². The van der Waals surface area contributed by atoms with Gasteiger partial charge >= 0.3 is 0 Å². The number of phenols is 1. The summed E-state index contributed by atoms with van der Waals surface area (Å²) in [5, 5.41) is 26.1. The number of nitrogens with one attached hydrogen (secondary N) is 4. The molecule has 0 heterocycles. The molecule has 3 unspecified atom stereocenters. The molecule has 0 spiro atoms. The number of carbonyl (C=O) groups is 3. The SMILES string of the molecule is CCC(=O)NC(C(=O)NC(C)C(NC(=O)c1ccccc1O)C(C)=N)C1CC1. The van der Waals surface area contributed by atoms with Gasteiger partial charge in [-0.2, -0.15) is 0 Å². The van der Waals surface area contributed by atoms with Gasteiger partial charge in [0.2, 0.25) is 11.8 Å². The van der Waals surface area contributed by atoms with Crippen molar-refractivity contribution in [2.24, 2.45) is 5.92 Å². The number of aromatic hydroxyl groups is 1. The minimum Gasteiger partial charge on any atom is -0.507 e. The van der Waals surface area contributed by atoms with Gasteiger partial charge in [-0.05, 0) is 44.7 Å². The van der Waals surface area contributed by atoms with Crippen LogP contribution in [-0.4, -0.2) is 46.7 Å². The maximum absolute atomic E-state index is 12.7. The third-order valence-electron chi connectivity index (χ3n) is 4.79. The van der Waals surface area contributed by atoms with Crippen molar-refractivity contribution in [1.29, 1.82) is 5.41 Å². The van der Waals surface area contributed by atoms with Crippen LogP contribution in [-0.2, 0) is 9.59 Å². The second-order valence-corrected chi connectivity index (χ2v) is 7.18. The van der Waals surface area contributed by atoms with E-state index in [-0.39, 0.29) is 34.8 Å². The van der Waals surface area contributed by atoms with E-state index < -0.39 is 24.0 Å². The molecule has 0 bridgehead atoms. The van der Waals surface area contributed by atoms with Gasteiger partial charge in [0.05, 0.1) is 17.6 Å². The Kier molecular flexibility index (Phi) is 7.14. The minimum absolute atomic E-state index is 0.0957. The number of benzene rings is 1. The molecule has 1 aromatic rings. The largest absolute Gasteiger partial charge is 0.507 e. The van der Waals surface area contributed by atoms with Crippen molar-refractivity contribution in [2.45, 2.75) is 58.2 Å². The summed E-state index contributed by atoms with van der Waals surface area (Å²) in [4.78, 5) is 36.9. The van der Waals surface area contributed by atoms with Crippen LogP contribution in [0.25, 0.3) is 0 Å². The van der Waals surface area contributed by atoms with E-state index in [0.717, 1.165) is 12.8 Å². The van der Waals surface area contributed by atoms with Gasteiger partial charge in [-0.1, -0.05) is 19.1 Å². The molecule has 28 heavy (non-hydrogen) atoms. The summed E-state index contributed by atoms with van der Waals surface area (Å²) < 4.78 is 0. The summed E-state index contributed by atoms with van der Waals surface area (Å²) in [5.74, 6) is -1.08. The fraction of sp³-hybridized carbons (Fsp3) is 0.500. The lowest BCUT2D eigenvalue weighted by atomic mass is 10.0. The molecular weight excluding hydrogens is 360 g/mol. The van der Waals surface area contributed by atoms with Gasteiger partial charge in [0, 0.05) is 12.1 Å². The summed E-state index contributed by atoms with van der Waals surface area (Å²) in [6, 6.07) is 4.20. The van der Waals surface area contributed by atoms with E-state index in [1.54, 1.807) is 26.0 Å². The molecule has 8 heteroatoms. The summed E-state index contributed by atoms with van der Waals surface area (Å²) >= 11 is 0. The summed E-state index contributed by atoms with van der Waals surface area (Å²) in [6.07, 6.45) is 2.06. The van der Waals surface area contributed by atoms with Gasteiger partial charge in [0.25, 0.3) is 5.91 Å². The van der Waals surface area contributed by atoms with Crippen molar-refractivity contribution in [3.05, 3.63) is 29.8 Å². The molecule has 3 atom stereocenters. The third-order valence-corrected chi connectivity index (χ3v) is 4.79. The molecule has 1 fully saturated rings. The summed E-state index contributed by atoms with van der Waals surface area (Å²) in [6.45, 7) is 4.95. The van der Waals surface area contributed by atoms with Crippen LogP contribution in [0.3, 0.4) is 0 Å². The Labute approximate surface area is 164 Å². The fourth-order valence-corrected chi connectivity index (χ4v) is 2.99. The van der Waals surface area contributed by atoms with Gasteiger partial charge in [-0.15, -0.1) is 0 Å². The van der Waals surface area contributed by atoms with E-state index in [1.165, 1.54) is 19.1 Å². The number of phenolic OH excluding ortho intramolecular Hbond substituents is 1. The van der Waals surface area contributed by atoms with E-state index in [4.69, 9.17) is 5.41 Å². The topological polar surface area (TPSA) is 131 Å². The average Bonchev–Trinajstić information content (AvgIpc) is 3.48. The van der Waals surface area contributed by atoms with Crippen LogP contribution in [0.2, 0.25) is 0 Å². The molecule has 1 aliphatic rings. The van der Waals surface area contributed by atoms with E-state index in [2.05, 4.69) is 16.0 Å². The highest BCUT2D eigenvalue weighted by molar-refractivity contribution is 6.00. The molecule has 8 nitrogen and oxygen atoms in total. The highest BCUT2D eigenvalue weighted by Crippen LogP contribution is 2.32. The smallest absolute Gasteiger partial charge is 0.255 e. The van der Waals surface area contributed by atoms with Crippen molar-refractivity contribution in [3.8, 4) is 5.75 Å². The Hall–Kier alpha value is -2.90. The summed E-state index contributed by atoms with van der Waals surface area (Å²) in [7, 11) is 0. The first kappa shape index (κ1) is 21.4. The molecule has 5 N–H and O–H groups in total. The normalized spacial score (nSPS) is 16.4. The first-order valence-corrected chi connectivity index (χ1v) is 9.48. The molecule has 1 aliphatic carbocycles. The molecule has 1 saturated carbocycles. The van der Waals surface area contributed by atoms with E-state index >= 15 is 0 Å². The van der Waals surface area contributed by atoms with Crippen molar-refractivity contribution in [3.63, 3.8) is 0 Å². The standard InChI is InChI=1S/C20H28N4O4/c1-4-16(26)23-18(13-9-10-13)20(28)22-12(3)17(11(2)21)24-19(27)14-7-5-6-8-15(14)25/h5-8,12-13,17-18,21,25H,4,9-10H2,1-3H3,(H,22,28)(H,23,26)(H,24,27). The van der Waals surface area contributed by atoms with Gasteiger partial charge in [-0.25, -0.2) is 0 Å². The Morgan fingerprint density at radius 1 is 1.18 bits per heavy atom. The number of hydrogen-bond donors (Lipinski definition) is 5. The molecular formula is C20H28N4O4. The first-order chi connectivity index (χ1) is 13.2. The van der Waals surface area contributed by atoms with Gasteiger partial charge in [0.1, 0.15) is 11.8 Å². The zero-order valence-electron chi connectivity index (χ0n) is 16.4. The van der Waals surface area contributed by atoms with Crippen LogP contribution in [0, 0.1) is 11.3 Å². The highest BCUT2D eigenvalue weighted by atomic mass is 16.3. The van der Waals surface area contributed by atoms with Crippen LogP contribution in [0.4, 0.5) is 0 Å². The van der Waals surface area contributed by atoms with Crippen LogP contribution in [0.1, 0.15) is 50.4 Å². The Morgan fingerprint density at radius 2 is 1.82 bits per heavy atom. The lowest BCUT2D eigenvalue weighted by Crippen LogP contribution is -2.57. The lowest BCUT2D eigenvalue weighted by Gasteiger charge is -2.27. The zero-order chi connectivity index (χ0) is 20.8. The van der Waals surface area contributed by atoms with Gasteiger partial charge in [0.15, 0.2) is 0 Å². The summed E-state index contributed by atoms with van der Waals surface area (Å²) in [5.41, 5.74) is 0.260. The van der Waals surface area contributed by atoms with E-state index in [1.807, 2.05) is 0 Å². The van der Waals surface area contributed by atoms with Gasteiger partial charge < -0.3 is 26.5 Å². The predicted octanol–water partition coefficient (Wildman–Crippen LogP) is 1.34. The highest BCUT2D eigenvalue weighted by Gasteiger charge is 2.38. The maximum atomic E-state index is 12.7. The minimum atomic E-state index is -0.752. The molecule has 0 aliphatic heterocycles. The second kappa shape index (κ2) is 9.34. The predicted molar refractivity (Wildman–Crippen MR) is 105 cm³/mol. The molecule has 1 aromatic carbocycles. The van der Waals surface area contributed by atoms with E-state index in [9.17, 15) is 19.5 Å². The second-order valence-electron chi connectivity index (χ2n) is 7.18. The molecule has 0 radical (unpaired) electrons. The van der Waals surface area contributed by atoms with Crippen molar-refractivity contribution >= 4 is 23.4 Å². The van der Waals surface area contributed by atoms with Crippen LogP contribution in [0.15, 0.2) is 24.3 Å². The quantitative estimate of drug-likeness (QED) is 0.408. The first-order valence-electron chi connectivity index (χ1n) is 9.48.